The van der Waals surface area contributed by atoms with Crippen LogP contribution < -0.4 is 4.74 Å². The lowest BCUT2D eigenvalue weighted by Crippen LogP contribution is -2.22. The molecule has 106 valence electrons. The minimum absolute atomic E-state index is 0.00578. The summed E-state index contributed by atoms with van der Waals surface area (Å²) < 4.78 is 34.1. The largest absolute Gasteiger partial charge is 0.496 e. The first-order chi connectivity index (χ1) is 9.43. The van der Waals surface area contributed by atoms with E-state index in [0.717, 1.165) is 6.08 Å². The van der Waals surface area contributed by atoms with E-state index in [-0.39, 0.29) is 17.1 Å². The molecule has 0 amide bonds. The first-order valence-electron chi connectivity index (χ1n) is 5.78. The predicted molar refractivity (Wildman–Crippen MR) is 69.8 cm³/mol. The maximum absolute atomic E-state index is 12.3. The highest BCUT2D eigenvalue weighted by Crippen LogP contribution is 2.38. The maximum atomic E-state index is 12.3. The van der Waals surface area contributed by atoms with Gasteiger partial charge in [-0.1, -0.05) is 6.07 Å². The Kier molecular flexibility index (Phi) is 3.63. The Labute approximate surface area is 115 Å². The lowest BCUT2D eigenvalue weighted by molar-refractivity contribution is -0.151. The number of benzene rings is 1. The molecule has 1 aromatic rings. The normalized spacial score (nSPS) is 15.2. The molecule has 1 aromatic carbocycles. The molecule has 0 radical (unpaired) electrons. The van der Waals surface area contributed by atoms with Crippen LogP contribution in [0, 0.1) is 0 Å². The Morgan fingerprint density at radius 1 is 1.25 bits per heavy atom. The summed E-state index contributed by atoms with van der Waals surface area (Å²) in [6.07, 6.45) is 1.14. The molecule has 20 heavy (non-hydrogen) atoms. The molecule has 0 unspecified atom stereocenters. The highest BCUT2D eigenvalue weighted by Gasteiger charge is 2.38. The predicted octanol–water partition coefficient (Wildman–Crippen LogP) is 0.956. The lowest BCUT2D eigenvalue weighted by atomic mass is 10.1. The van der Waals surface area contributed by atoms with Gasteiger partial charge in [-0.3, -0.25) is 4.79 Å². The lowest BCUT2D eigenvalue weighted by Gasteiger charge is -2.05. The molecule has 1 aliphatic heterocycles. The van der Waals surface area contributed by atoms with Crippen molar-refractivity contribution in [1.29, 1.82) is 0 Å². The smallest absolute Gasteiger partial charge is 0.380 e. The van der Waals surface area contributed by atoms with Crippen molar-refractivity contribution in [2.45, 2.75) is 11.8 Å². The third-order valence-electron chi connectivity index (χ3n) is 2.79. The number of hydrogen-bond donors (Lipinski definition) is 0. The molecule has 2 rings (SSSR count). The number of carbonyl (C=O) groups is 2. The van der Waals surface area contributed by atoms with E-state index in [0.29, 0.717) is 5.75 Å². The number of Topliss-reactive ketones (excluding diaryl/α,β-unsaturated/α-hetero) is 1. The zero-order chi connectivity index (χ0) is 14.9. The summed E-state index contributed by atoms with van der Waals surface area (Å²) in [5.74, 6) is -2.04. The van der Waals surface area contributed by atoms with Crippen LogP contribution in [-0.2, 0) is 24.2 Å². The van der Waals surface area contributed by atoms with Crippen molar-refractivity contribution in [2.75, 3.05) is 13.7 Å². The molecule has 0 aliphatic carbocycles. The van der Waals surface area contributed by atoms with Crippen LogP contribution in [0.15, 0.2) is 28.0 Å². The molecular weight excluding hydrogens is 284 g/mol. The van der Waals surface area contributed by atoms with Crippen LogP contribution in [0.4, 0.5) is 0 Å². The van der Waals surface area contributed by atoms with Crippen LogP contribution in [0.2, 0.25) is 0 Å². The molecule has 1 aliphatic rings. The molecule has 6 nitrogen and oxygen atoms in total. The molecule has 0 aromatic heterocycles. The van der Waals surface area contributed by atoms with E-state index < -0.39 is 26.5 Å². The maximum Gasteiger partial charge on any atom is 0.380 e. The number of ether oxygens (including phenoxy) is 2. The third-order valence-corrected chi connectivity index (χ3v) is 4.60. The second-order valence-corrected chi connectivity index (χ2v) is 5.82. The fourth-order valence-electron chi connectivity index (χ4n) is 1.89. The third kappa shape index (κ3) is 2.09. The number of sulfone groups is 1. The molecule has 0 saturated carbocycles. The Morgan fingerprint density at radius 3 is 2.55 bits per heavy atom. The number of ketones is 1. The zero-order valence-electron chi connectivity index (χ0n) is 10.9. The van der Waals surface area contributed by atoms with Crippen molar-refractivity contribution >= 4 is 27.7 Å². The van der Waals surface area contributed by atoms with Gasteiger partial charge in [0.2, 0.25) is 9.84 Å². The highest BCUT2D eigenvalue weighted by atomic mass is 32.2. The first-order valence-corrected chi connectivity index (χ1v) is 7.27. The summed E-state index contributed by atoms with van der Waals surface area (Å²) in [5.41, 5.74) is 0.266. The summed E-state index contributed by atoms with van der Waals surface area (Å²) in [6.45, 7) is 1.52. The van der Waals surface area contributed by atoms with Gasteiger partial charge < -0.3 is 9.47 Å². The summed E-state index contributed by atoms with van der Waals surface area (Å²) >= 11 is 0. The van der Waals surface area contributed by atoms with Gasteiger partial charge in [-0.15, -0.1) is 0 Å². The van der Waals surface area contributed by atoms with Crippen molar-refractivity contribution in [2.24, 2.45) is 0 Å². The molecule has 0 fully saturated rings. The van der Waals surface area contributed by atoms with Gasteiger partial charge in [-0.05, 0) is 25.1 Å². The Morgan fingerprint density at radius 2 is 1.95 bits per heavy atom. The van der Waals surface area contributed by atoms with Crippen molar-refractivity contribution < 1.29 is 27.5 Å². The monoisotopic (exact) mass is 296 g/mol. The number of esters is 1. The minimum Gasteiger partial charge on any atom is -0.496 e. The Bertz CT molecular complexity index is 714. The molecule has 0 saturated heterocycles. The van der Waals surface area contributed by atoms with Gasteiger partial charge >= 0.3 is 5.97 Å². The van der Waals surface area contributed by atoms with Crippen molar-refractivity contribution in [3.8, 4) is 5.75 Å². The van der Waals surface area contributed by atoms with Crippen LogP contribution in [0.3, 0.4) is 0 Å². The molecule has 7 heteroatoms. The molecule has 0 atom stereocenters. The average molecular weight is 296 g/mol. The number of hydrogen-bond acceptors (Lipinski definition) is 6. The van der Waals surface area contributed by atoms with Gasteiger partial charge in [0.25, 0.3) is 5.78 Å². The van der Waals surface area contributed by atoms with Gasteiger partial charge in [0.1, 0.15) is 10.7 Å². The summed E-state index contributed by atoms with van der Waals surface area (Å²) in [7, 11) is -2.62. The van der Waals surface area contributed by atoms with E-state index in [4.69, 9.17) is 4.74 Å². The molecule has 0 spiro atoms. The van der Waals surface area contributed by atoms with Crippen molar-refractivity contribution in [3.63, 3.8) is 0 Å². The molecule has 0 bridgehead atoms. The zero-order valence-corrected chi connectivity index (χ0v) is 11.7. The van der Waals surface area contributed by atoms with E-state index in [1.807, 2.05) is 0 Å². The molecule has 0 N–H and O–H groups in total. The summed E-state index contributed by atoms with van der Waals surface area (Å²) in [6, 6.07) is 4.43. The first kappa shape index (κ1) is 14.3. The topological polar surface area (TPSA) is 86.7 Å². The van der Waals surface area contributed by atoms with Gasteiger partial charge in [0, 0.05) is 5.56 Å². The average Bonchev–Trinajstić information content (AvgIpc) is 2.70. The van der Waals surface area contributed by atoms with E-state index in [9.17, 15) is 18.0 Å². The second kappa shape index (κ2) is 5.09. The van der Waals surface area contributed by atoms with Gasteiger partial charge in [0.15, 0.2) is 0 Å². The van der Waals surface area contributed by atoms with Crippen molar-refractivity contribution in [3.05, 3.63) is 28.7 Å². The standard InChI is InChI=1S/C13H12O6S/c1-3-19-13(15)12(14)11-7-8-9(18-2)5-4-6-10(8)20(11,16)17/h4-7H,3H2,1-2H3. The van der Waals surface area contributed by atoms with Crippen LogP contribution in [0.5, 0.6) is 5.75 Å². The van der Waals surface area contributed by atoms with Crippen LogP contribution in [0.1, 0.15) is 12.5 Å². The fourth-order valence-corrected chi connectivity index (χ4v) is 3.43. The number of rotatable bonds is 4. The van der Waals surface area contributed by atoms with Gasteiger partial charge in [-0.25, -0.2) is 13.2 Å². The van der Waals surface area contributed by atoms with Gasteiger partial charge in [-0.2, -0.15) is 0 Å². The van der Waals surface area contributed by atoms with E-state index in [1.54, 1.807) is 6.07 Å². The van der Waals surface area contributed by atoms with E-state index in [2.05, 4.69) is 4.74 Å². The van der Waals surface area contributed by atoms with Gasteiger partial charge in [0.05, 0.1) is 18.6 Å². The number of carbonyl (C=O) groups excluding carboxylic acids is 2. The van der Waals surface area contributed by atoms with Crippen LogP contribution >= 0.6 is 0 Å². The molecular formula is C13H12O6S. The Hall–Kier alpha value is -2.15. The van der Waals surface area contributed by atoms with Crippen LogP contribution in [0.25, 0.3) is 6.08 Å². The number of fused-ring (bicyclic) bond motifs is 1. The highest BCUT2D eigenvalue weighted by molar-refractivity contribution is 7.97. The summed E-state index contributed by atoms with van der Waals surface area (Å²) in [5, 5.41) is 0. The van der Waals surface area contributed by atoms with E-state index in [1.165, 1.54) is 26.2 Å². The second-order valence-electron chi connectivity index (χ2n) is 3.93. The quantitative estimate of drug-likeness (QED) is 0.607. The summed E-state index contributed by atoms with van der Waals surface area (Å²) in [4.78, 5) is 22.6. The van der Waals surface area contributed by atoms with E-state index >= 15 is 0 Å². The SMILES string of the molecule is CCOC(=O)C(=O)C1=Cc2c(OC)cccc2S1(=O)=O. The fraction of sp³-hybridized carbons (Fsp3) is 0.231. The number of methoxy groups -OCH3 is 1. The molecule has 1 heterocycles. The minimum atomic E-state index is -4.01. The Balaban J connectivity index is 2.54. The van der Waals surface area contributed by atoms with Crippen molar-refractivity contribution in [1.82, 2.24) is 0 Å². The van der Waals surface area contributed by atoms with Crippen LogP contribution in [-0.4, -0.2) is 33.9 Å².